The predicted octanol–water partition coefficient (Wildman–Crippen LogP) is 4.70. The Bertz CT molecular complexity index is 525. The SMILES string of the molecule is OC(CC1CC2CCC1C2)c1cc(C(F)(F)F)ccc1F. The maximum atomic E-state index is 13.7. The summed E-state index contributed by atoms with van der Waals surface area (Å²) in [6.07, 6.45) is -0.794. The Hall–Kier alpha value is -1.10. The summed E-state index contributed by atoms with van der Waals surface area (Å²) in [6, 6.07) is 2.25. The van der Waals surface area contributed by atoms with Crippen LogP contribution >= 0.6 is 0 Å². The number of aliphatic hydroxyl groups excluding tert-OH is 1. The van der Waals surface area contributed by atoms with Crippen LogP contribution in [0.5, 0.6) is 0 Å². The molecule has 0 aromatic heterocycles. The largest absolute Gasteiger partial charge is 0.416 e. The first kappa shape index (κ1) is 14.8. The van der Waals surface area contributed by atoms with E-state index in [1.54, 1.807) is 0 Å². The van der Waals surface area contributed by atoms with Crippen LogP contribution in [0, 0.1) is 23.6 Å². The Balaban J connectivity index is 1.76. The van der Waals surface area contributed by atoms with E-state index in [4.69, 9.17) is 0 Å². The van der Waals surface area contributed by atoms with Crippen LogP contribution in [0.2, 0.25) is 0 Å². The van der Waals surface area contributed by atoms with Crippen LogP contribution in [-0.4, -0.2) is 5.11 Å². The molecule has 0 amide bonds. The molecule has 5 heteroatoms. The van der Waals surface area contributed by atoms with E-state index in [0.717, 1.165) is 31.4 Å². The summed E-state index contributed by atoms with van der Waals surface area (Å²) in [4.78, 5) is 0. The van der Waals surface area contributed by atoms with Gasteiger partial charge in [0.25, 0.3) is 0 Å². The van der Waals surface area contributed by atoms with Gasteiger partial charge in [-0.2, -0.15) is 13.2 Å². The third kappa shape index (κ3) is 2.93. The molecule has 1 aromatic rings. The zero-order chi connectivity index (χ0) is 15.2. The molecule has 2 aliphatic rings. The summed E-state index contributed by atoms with van der Waals surface area (Å²) < 4.78 is 51.8. The molecule has 4 atom stereocenters. The molecule has 0 saturated heterocycles. The van der Waals surface area contributed by atoms with E-state index in [1.165, 1.54) is 6.42 Å². The van der Waals surface area contributed by atoms with Gasteiger partial charge in [-0.3, -0.25) is 0 Å². The van der Waals surface area contributed by atoms with E-state index >= 15 is 0 Å². The van der Waals surface area contributed by atoms with Gasteiger partial charge in [0.2, 0.25) is 0 Å². The minimum Gasteiger partial charge on any atom is -0.388 e. The van der Waals surface area contributed by atoms with Crippen molar-refractivity contribution in [1.82, 2.24) is 0 Å². The number of aliphatic hydroxyl groups is 1. The Morgan fingerprint density at radius 3 is 2.52 bits per heavy atom. The number of hydrogen-bond acceptors (Lipinski definition) is 1. The molecular formula is C16H18F4O. The van der Waals surface area contributed by atoms with Crippen LogP contribution < -0.4 is 0 Å². The minimum atomic E-state index is -4.52. The van der Waals surface area contributed by atoms with E-state index in [2.05, 4.69) is 0 Å². The molecule has 2 fully saturated rings. The van der Waals surface area contributed by atoms with Gasteiger partial charge in [0, 0.05) is 5.56 Å². The van der Waals surface area contributed by atoms with Gasteiger partial charge in [0.1, 0.15) is 5.82 Å². The zero-order valence-corrected chi connectivity index (χ0v) is 11.5. The molecule has 2 aliphatic carbocycles. The molecule has 21 heavy (non-hydrogen) atoms. The molecule has 116 valence electrons. The highest BCUT2D eigenvalue weighted by Gasteiger charge is 2.40. The lowest BCUT2D eigenvalue weighted by Gasteiger charge is -2.24. The topological polar surface area (TPSA) is 20.2 Å². The second kappa shape index (κ2) is 5.27. The standard InChI is InChI=1S/C16H18F4O/c17-14-4-3-12(16(18,19)20)8-13(14)15(21)7-11-6-9-1-2-10(11)5-9/h3-4,8-11,15,21H,1-2,5-7H2. The first-order chi connectivity index (χ1) is 9.84. The predicted molar refractivity (Wildman–Crippen MR) is 69.9 cm³/mol. The van der Waals surface area contributed by atoms with Gasteiger partial charge in [-0.05, 0) is 61.6 Å². The smallest absolute Gasteiger partial charge is 0.388 e. The van der Waals surface area contributed by atoms with Crippen LogP contribution in [0.3, 0.4) is 0 Å². The van der Waals surface area contributed by atoms with Crippen molar-refractivity contribution < 1.29 is 22.7 Å². The lowest BCUT2D eigenvalue weighted by atomic mass is 9.83. The van der Waals surface area contributed by atoms with Crippen molar-refractivity contribution in [2.75, 3.05) is 0 Å². The fourth-order valence-corrected chi connectivity index (χ4v) is 4.05. The van der Waals surface area contributed by atoms with Crippen molar-refractivity contribution in [3.05, 3.63) is 35.1 Å². The van der Waals surface area contributed by atoms with E-state index in [0.29, 0.717) is 30.2 Å². The number of halogens is 4. The van der Waals surface area contributed by atoms with Gasteiger partial charge in [-0.25, -0.2) is 4.39 Å². The van der Waals surface area contributed by atoms with Crippen molar-refractivity contribution in [3.8, 4) is 0 Å². The van der Waals surface area contributed by atoms with Crippen molar-refractivity contribution in [2.45, 2.75) is 44.4 Å². The summed E-state index contributed by atoms with van der Waals surface area (Å²) in [5.74, 6) is 0.795. The number of alkyl halides is 3. The molecule has 0 heterocycles. The Morgan fingerprint density at radius 2 is 1.95 bits per heavy atom. The van der Waals surface area contributed by atoms with Crippen LogP contribution in [0.1, 0.15) is 49.3 Å². The Morgan fingerprint density at radius 1 is 1.19 bits per heavy atom. The molecule has 0 spiro atoms. The Kier molecular flexibility index (Phi) is 3.72. The lowest BCUT2D eigenvalue weighted by Crippen LogP contribution is -2.16. The summed E-state index contributed by atoms with van der Waals surface area (Å²) in [6.45, 7) is 0. The van der Waals surface area contributed by atoms with Crippen LogP contribution in [-0.2, 0) is 6.18 Å². The Labute approximate surface area is 121 Å². The van der Waals surface area contributed by atoms with Gasteiger partial charge in [0.05, 0.1) is 11.7 Å². The first-order valence-electron chi connectivity index (χ1n) is 7.39. The van der Waals surface area contributed by atoms with Crippen molar-refractivity contribution in [3.63, 3.8) is 0 Å². The number of hydrogen-bond donors (Lipinski definition) is 1. The molecule has 2 saturated carbocycles. The van der Waals surface area contributed by atoms with Gasteiger partial charge in [0.15, 0.2) is 0 Å². The third-order valence-corrected chi connectivity index (χ3v) is 5.09. The fraction of sp³-hybridized carbons (Fsp3) is 0.625. The summed E-state index contributed by atoms with van der Waals surface area (Å²) in [5.41, 5.74) is -1.14. The molecule has 4 unspecified atom stereocenters. The summed E-state index contributed by atoms with van der Waals surface area (Å²) >= 11 is 0. The highest BCUT2D eigenvalue weighted by molar-refractivity contribution is 5.28. The van der Waals surface area contributed by atoms with Gasteiger partial charge < -0.3 is 5.11 Å². The first-order valence-corrected chi connectivity index (χ1v) is 7.39. The van der Waals surface area contributed by atoms with Crippen LogP contribution in [0.25, 0.3) is 0 Å². The highest BCUT2D eigenvalue weighted by atomic mass is 19.4. The van der Waals surface area contributed by atoms with E-state index < -0.39 is 23.7 Å². The van der Waals surface area contributed by atoms with Crippen molar-refractivity contribution >= 4 is 0 Å². The number of benzene rings is 1. The van der Waals surface area contributed by atoms with E-state index in [9.17, 15) is 22.7 Å². The molecular weight excluding hydrogens is 284 g/mol. The molecule has 3 rings (SSSR count). The van der Waals surface area contributed by atoms with Crippen molar-refractivity contribution in [1.29, 1.82) is 0 Å². The van der Waals surface area contributed by atoms with E-state index in [-0.39, 0.29) is 5.56 Å². The monoisotopic (exact) mass is 302 g/mol. The summed E-state index contributed by atoms with van der Waals surface area (Å²) in [7, 11) is 0. The number of rotatable bonds is 3. The molecule has 1 nitrogen and oxygen atoms in total. The molecule has 1 N–H and O–H groups in total. The average Bonchev–Trinajstić information content (AvgIpc) is 2.99. The third-order valence-electron chi connectivity index (χ3n) is 5.09. The molecule has 0 aliphatic heterocycles. The lowest BCUT2D eigenvalue weighted by molar-refractivity contribution is -0.137. The zero-order valence-electron chi connectivity index (χ0n) is 11.5. The minimum absolute atomic E-state index is 0.229. The van der Waals surface area contributed by atoms with Crippen LogP contribution in [0.15, 0.2) is 18.2 Å². The molecule has 1 aromatic carbocycles. The van der Waals surface area contributed by atoms with E-state index in [1.807, 2.05) is 0 Å². The maximum absolute atomic E-state index is 13.7. The second-order valence-corrected chi connectivity index (χ2v) is 6.42. The second-order valence-electron chi connectivity index (χ2n) is 6.42. The molecule has 0 radical (unpaired) electrons. The average molecular weight is 302 g/mol. The molecule has 2 bridgehead atoms. The van der Waals surface area contributed by atoms with Gasteiger partial charge >= 0.3 is 6.18 Å². The number of fused-ring (bicyclic) bond motifs is 2. The van der Waals surface area contributed by atoms with Gasteiger partial charge in [-0.1, -0.05) is 6.42 Å². The highest BCUT2D eigenvalue weighted by Crippen LogP contribution is 2.51. The van der Waals surface area contributed by atoms with Crippen molar-refractivity contribution in [2.24, 2.45) is 17.8 Å². The quantitative estimate of drug-likeness (QED) is 0.802. The fourth-order valence-electron chi connectivity index (χ4n) is 4.05. The van der Waals surface area contributed by atoms with Crippen LogP contribution in [0.4, 0.5) is 17.6 Å². The van der Waals surface area contributed by atoms with Gasteiger partial charge in [-0.15, -0.1) is 0 Å². The normalized spacial score (nSPS) is 29.9. The maximum Gasteiger partial charge on any atom is 0.416 e. The summed E-state index contributed by atoms with van der Waals surface area (Å²) in [5, 5.41) is 10.2.